The molecular weight excluding hydrogens is 407 g/mol. The number of benzene rings is 2. The first kappa shape index (κ1) is 19.2. The molecule has 3 aromatic rings. The van der Waals surface area contributed by atoms with E-state index in [0.717, 1.165) is 29.2 Å². The first-order valence-corrected chi connectivity index (χ1v) is 9.11. The molecule has 0 saturated heterocycles. The van der Waals surface area contributed by atoms with Crippen molar-refractivity contribution in [3.05, 3.63) is 64.0 Å². The van der Waals surface area contributed by atoms with Crippen molar-refractivity contribution in [2.75, 3.05) is 10.6 Å². The van der Waals surface area contributed by atoms with E-state index in [9.17, 15) is 19.3 Å². The Morgan fingerprint density at radius 3 is 2.79 bits per heavy atom. The maximum atomic E-state index is 13.9. The summed E-state index contributed by atoms with van der Waals surface area (Å²) in [6.45, 7) is 0. The van der Waals surface area contributed by atoms with Crippen LogP contribution in [0.3, 0.4) is 0 Å². The van der Waals surface area contributed by atoms with Crippen molar-refractivity contribution in [1.82, 2.24) is 10.2 Å². The molecule has 2 amide bonds. The summed E-state index contributed by atoms with van der Waals surface area (Å²) in [6, 6.07) is 11.1. The highest BCUT2D eigenvalue weighted by Crippen LogP contribution is 2.34. The zero-order valence-corrected chi connectivity index (χ0v) is 15.4. The van der Waals surface area contributed by atoms with Crippen molar-refractivity contribution in [3.63, 3.8) is 0 Å². The monoisotopic (exact) mass is 416 g/mol. The van der Waals surface area contributed by atoms with Crippen LogP contribution in [0.15, 0.2) is 51.7 Å². The summed E-state index contributed by atoms with van der Waals surface area (Å²) in [7, 11) is 0. The summed E-state index contributed by atoms with van der Waals surface area (Å²) in [5.74, 6) is -0.751. The maximum absolute atomic E-state index is 13.9. The van der Waals surface area contributed by atoms with Crippen LogP contribution in [0.5, 0.6) is 0 Å². The lowest BCUT2D eigenvalue weighted by atomic mass is 10.2. The minimum Gasteiger partial charge on any atom is -0.308 e. The fraction of sp³-hybridized carbons (Fsp3) is 0. The Labute approximate surface area is 165 Å². The standard InChI is InChI=1S/C16H9FN6O3S2/c17-12-7-11(23(25)26)4-5-13(12)27-16-22-21-15(28-16)20-14(24)19-10-3-1-2-9(6-10)8-18/h1-7H,(H2,19,20,21,24). The van der Waals surface area contributed by atoms with Gasteiger partial charge in [0.05, 0.1) is 27.5 Å². The van der Waals surface area contributed by atoms with E-state index in [1.165, 1.54) is 18.2 Å². The van der Waals surface area contributed by atoms with Crippen LogP contribution in [0.1, 0.15) is 5.56 Å². The van der Waals surface area contributed by atoms with Crippen molar-refractivity contribution < 1.29 is 14.1 Å². The van der Waals surface area contributed by atoms with E-state index in [0.29, 0.717) is 15.6 Å². The number of nitriles is 1. The van der Waals surface area contributed by atoms with E-state index >= 15 is 0 Å². The molecule has 2 aromatic carbocycles. The Morgan fingerprint density at radius 1 is 1.25 bits per heavy atom. The van der Waals surface area contributed by atoms with E-state index in [1.807, 2.05) is 6.07 Å². The second-order valence-electron chi connectivity index (χ2n) is 5.12. The number of non-ortho nitro benzene ring substituents is 1. The first-order valence-electron chi connectivity index (χ1n) is 7.48. The average Bonchev–Trinajstić information content (AvgIpc) is 3.10. The summed E-state index contributed by atoms with van der Waals surface area (Å²) in [4.78, 5) is 22.1. The van der Waals surface area contributed by atoms with E-state index in [-0.39, 0.29) is 15.7 Å². The van der Waals surface area contributed by atoms with Gasteiger partial charge < -0.3 is 5.32 Å². The Bertz CT molecular complexity index is 1100. The van der Waals surface area contributed by atoms with Gasteiger partial charge >= 0.3 is 6.03 Å². The van der Waals surface area contributed by atoms with Gasteiger partial charge in [0.15, 0.2) is 4.34 Å². The van der Waals surface area contributed by atoms with Gasteiger partial charge in [0.1, 0.15) is 5.82 Å². The van der Waals surface area contributed by atoms with Crippen LogP contribution in [0.25, 0.3) is 0 Å². The molecule has 3 rings (SSSR count). The molecule has 0 saturated carbocycles. The Hall–Kier alpha value is -3.56. The molecule has 0 spiro atoms. The van der Waals surface area contributed by atoms with Gasteiger partial charge in [-0.25, -0.2) is 9.18 Å². The number of hydrogen-bond acceptors (Lipinski definition) is 8. The fourth-order valence-corrected chi connectivity index (χ4v) is 3.72. The molecule has 0 fully saturated rings. The third-order valence-electron chi connectivity index (χ3n) is 3.20. The smallest absolute Gasteiger partial charge is 0.308 e. The molecule has 0 aliphatic heterocycles. The van der Waals surface area contributed by atoms with Gasteiger partial charge in [-0.1, -0.05) is 29.2 Å². The van der Waals surface area contributed by atoms with Crippen LogP contribution < -0.4 is 10.6 Å². The van der Waals surface area contributed by atoms with E-state index in [4.69, 9.17) is 5.26 Å². The molecule has 28 heavy (non-hydrogen) atoms. The lowest BCUT2D eigenvalue weighted by Gasteiger charge is -2.04. The largest absolute Gasteiger partial charge is 0.325 e. The Morgan fingerprint density at radius 2 is 2.07 bits per heavy atom. The molecule has 0 aliphatic carbocycles. The van der Waals surface area contributed by atoms with Crippen LogP contribution >= 0.6 is 23.1 Å². The number of nitro groups is 1. The van der Waals surface area contributed by atoms with Crippen LogP contribution in [-0.2, 0) is 0 Å². The van der Waals surface area contributed by atoms with Gasteiger partial charge in [-0.05, 0) is 24.3 Å². The number of nitrogens with one attached hydrogen (secondary N) is 2. The highest BCUT2D eigenvalue weighted by molar-refractivity contribution is 8.01. The zero-order valence-electron chi connectivity index (χ0n) is 13.7. The normalized spacial score (nSPS) is 10.1. The Balaban J connectivity index is 1.63. The number of carbonyl (C=O) groups excluding carboxylic acids is 1. The van der Waals surface area contributed by atoms with Crippen molar-refractivity contribution >= 4 is 45.6 Å². The number of nitro benzene ring substituents is 1. The van der Waals surface area contributed by atoms with Crippen molar-refractivity contribution in [1.29, 1.82) is 5.26 Å². The van der Waals surface area contributed by atoms with Crippen LogP contribution in [0.4, 0.5) is 25.7 Å². The molecule has 1 heterocycles. The number of amides is 2. The molecule has 0 bridgehead atoms. The van der Waals surface area contributed by atoms with Gasteiger partial charge in [-0.2, -0.15) is 5.26 Å². The molecule has 2 N–H and O–H groups in total. The number of carbonyl (C=O) groups is 1. The topological polar surface area (TPSA) is 134 Å². The van der Waals surface area contributed by atoms with E-state index in [1.54, 1.807) is 18.2 Å². The minimum absolute atomic E-state index is 0.145. The molecule has 0 radical (unpaired) electrons. The molecular formula is C16H9FN6O3S2. The molecule has 0 unspecified atom stereocenters. The quantitative estimate of drug-likeness (QED) is 0.361. The van der Waals surface area contributed by atoms with Gasteiger partial charge in [-0.3, -0.25) is 15.4 Å². The summed E-state index contributed by atoms with van der Waals surface area (Å²) >= 11 is 1.94. The lowest BCUT2D eigenvalue weighted by Crippen LogP contribution is -2.19. The van der Waals surface area contributed by atoms with Crippen LogP contribution in [0, 0.1) is 27.3 Å². The van der Waals surface area contributed by atoms with E-state index in [2.05, 4.69) is 20.8 Å². The molecule has 12 heteroatoms. The lowest BCUT2D eigenvalue weighted by molar-refractivity contribution is -0.385. The second kappa shape index (κ2) is 8.42. The van der Waals surface area contributed by atoms with Crippen molar-refractivity contribution in [2.45, 2.75) is 9.24 Å². The number of aromatic nitrogens is 2. The summed E-state index contributed by atoms with van der Waals surface area (Å²) < 4.78 is 14.3. The summed E-state index contributed by atoms with van der Waals surface area (Å²) in [5, 5.41) is 32.4. The minimum atomic E-state index is -0.751. The maximum Gasteiger partial charge on any atom is 0.325 e. The molecule has 0 aliphatic rings. The predicted molar refractivity (Wildman–Crippen MR) is 101 cm³/mol. The number of anilines is 2. The summed E-state index contributed by atoms with van der Waals surface area (Å²) in [5.41, 5.74) is 0.486. The predicted octanol–water partition coefficient (Wildman–Crippen LogP) is 4.25. The Kier molecular flexibility index (Phi) is 5.78. The van der Waals surface area contributed by atoms with Gasteiger partial charge in [0.25, 0.3) is 5.69 Å². The number of rotatable bonds is 5. The summed E-state index contributed by atoms with van der Waals surface area (Å²) in [6.07, 6.45) is 0. The molecule has 1 aromatic heterocycles. The SMILES string of the molecule is N#Cc1cccc(NC(=O)Nc2nnc(Sc3ccc([N+](=O)[O-])cc3F)s2)c1. The highest BCUT2D eigenvalue weighted by atomic mass is 32.2. The molecule has 0 atom stereocenters. The molecule has 9 nitrogen and oxygen atoms in total. The molecule has 140 valence electrons. The third kappa shape index (κ3) is 4.78. The number of nitrogens with zero attached hydrogens (tertiary/aromatic N) is 4. The van der Waals surface area contributed by atoms with Crippen LogP contribution in [0.2, 0.25) is 0 Å². The van der Waals surface area contributed by atoms with Gasteiger partial charge in [0, 0.05) is 11.8 Å². The van der Waals surface area contributed by atoms with E-state index < -0.39 is 16.8 Å². The number of urea groups is 1. The second-order valence-corrected chi connectivity index (χ2v) is 7.39. The average molecular weight is 416 g/mol. The third-order valence-corrected chi connectivity index (χ3v) is 5.14. The number of halogens is 1. The van der Waals surface area contributed by atoms with Crippen LogP contribution in [-0.4, -0.2) is 21.2 Å². The van der Waals surface area contributed by atoms with Crippen molar-refractivity contribution in [3.8, 4) is 6.07 Å². The van der Waals surface area contributed by atoms with Gasteiger partial charge in [-0.15, -0.1) is 10.2 Å². The van der Waals surface area contributed by atoms with Gasteiger partial charge in [0.2, 0.25) is 5.13 Å². The first-order chi connectivity index (χ1) is 13.4. The van der Waals surface area contributed by atoms with Crippen molar-refractivity contribution in [2.24, 2.45) is 0 Å². The number of hydrogen-bond donors (Lipinski definition) is 2. The zero-order chi connectivity index (χ0) is 20.1. The highest BCUT2D eigenvalue weighted by Gasteiger charge is 2.15. The fourth-order valence-electron chi connectivity index (χ4n) is 2.01.